The number of aliphatic hydroxyl groups excluding tert-OH is 4. The van der Waals surface area contributed by atoms with Gasteiger partial charge in [-0.1, -0.05) is 153 Å². The van der Waals surface area contributed by atoms with Crippen LogP contribution in [-0.4, -0.2) is 57.3 Å². The van der Waals surface area contributed by atoms with Gasteiger partial charge in [0.1, 0.15) is 12.2 Å². The first-order valence-corrected chi connectivity index (χ1v) is 20.4. The maximum Gasteiger partial charge on any atom is 0.249 e. The Morgan fingerprint density at radius 1 is 0.500 bits per heavy atom. The molecule has 282 valence electrons. The van der Waals surface area contributed by atoms with Gasteiger partial charge in [-0.25, -0.2) is 0 Å². The van der Waals surface area contributed by atoms with Crippen molar-refractivity contribution in [2.24, 2.45) is 0 Å². The second kappa shape index (κ2) is 36.8. The first-order chi connectivity index (χ1) is 23.5. The van der Waals surface area contributed by atoms with Gasteiger partial charge in [-0.15, -0.1) is 0 Å². The van der Waals surface area contributed by atoms with E-state index in [0.717, 1.165) is 57.8 Å². The molecule has 6 nitrogen and oxygen atoms in total. The molecule has 0 aromatic rings. The van der Waals surface area contributed by atoms with Gasteiger partial charge in [-0.05, 0) is 77.0 Å². The minimum atomic E-state index is -1.29. The van der Waals surface area contributed by atoms with Crippen LogP contribution in [0.15, 0.2) is 36.5 Å². The van der Waals surface area contributed by atoms with E-state index in [1.165, 1.54) is 103 Å². The summed E-state index contributed by atoms with van der Waals surface area (Å²) in [7, 11) is 0. The van der Waals surface area contributed by atoms with Crippen molar-refractivity contribution in [3.05, 3.63) is 36.5 Å². The van der Waals surface area contributed by atoms with Crippen LogP contribution < -0.4 is 5.32 Å². The molecule has 0 aliphatic rings. The lowest BCUT2D eigenvalue weighted by Gasteiger charge is -2.27. The Morgan fingerprint density at radius 3 is 1.35 bits per heavy atom. The van der Waals surface area contributed by atoms with Crippen molar-refractivity contribution < 1.29 is 25.2 Å². The van der Waals surface area contributed by atoms with Crippen LogP contribution in [0.2, 0.25) is 0 Å². The summed E-state index contributed by atoms with van der Waals surface area (Å²) in [5, 5.41) is 43.4. The normalized spacial score (nSPS) is 14.7. The van der Waals surface area contributed by atoms with Crippen molar-refractivity contribution in [1.82, 2.24) is 5.32 Å². The van der Waals surface area contributed by atoms with Gasteiger partial charge >= 0.3 is 0 Å². The average molecular weight is 678 g/mol. The van der Waals surface area contributed by atoms with E-state index in [9.17, 15) is 25.2 Å². The molecule has 4 atom stereocenters. The highest BCUT2D eigenvalue weighted by Gasteiger charge is 2.28. The fraction of sp³-hybridized carbons (Fsp3) is 0.833. The van der Waals surface area contributed by atoms with E-state index >= 15 is 0 Å². The molecule has 5 N–H and O–H groups in total. The number of hydrogen-bond acceptors (Lipinski definition) is 5. The number of rotatable bonds is 36. The van der Waals surface area contributed by atoms with Crippen LogP contribution in [-0.2, 0) is 4.79 Å². The summed E-state index contributed by atoms with van der Waals surface area (Å²) in [6, 6.07) is -1.01. The third kappa shape index (κ3) is 30.6. The van der Waals surface area contributed by atoms with E-state index in [2.05, 4.69) is 55.6 Å². The monoisotopic (exact) mass is 678 g/mol. The zero-order valence-electron chi connectivity index (χ0n) is 31.5. The molecule has 0 aliphatic heterocycles. The van der Waals surface area contributed by atoms with Crippen molar-refractivity contribution in [1.29, 1.82) is 0 Å². The average Bonchev–Trinajstić information content (AvgIpc) is 3.09. The van der Waals surface area contributed by atoms with Gasteiger partial charge in [0.25, 0.3) is 0 Å². The molecule has 0 saturated heterocycles. The van der Waals surface area contributed by atoms with E-state index in [1.807, 2.05) is 0 Å². The largest absolute Gasteiger partial charge is 0.394 e. The fourth-order valence-corrected chi connectivity index (χ4v) is 6.00. The lowest BCUT2D eigenvalue weighted by Crippen LogP contribution is -2.53. The standard InChI is InChI=1S/C42H79NO5/c1-3-5-7-9-11-13-15-16-17-18-19-20-21-22-23-24-26-27-29-31-33-35-39(45)41(47)38(37-44)43-42(48)40(46)36-34-32-30-28-25-14-12-10-8-6-4-2/h12,14,22-23,27,29,38-41,44-47H,3-11,13,15-21,24-26,28,30-37H2,1-2H3,(H,43,48)/b14-12-,23-22+,29-27+. The third-order valence-electron chi connectivity index (χ3n) is 9.30. The van der Waals surface area contributed by atoms with Gasteiger partial charge in [-0.2, -0.15) is 0 Å². The molecule has 48 heavy (non-hydrogen) atoms. The predicted octanol–water partition coefficient (Wildman–Crippen LogP) is 10.2. The summed E-state index contributed by atoms with van der Waals surface area (Å²) < 4.78 is 0. The summed E-state index contributed by atoms with van der Waals surface area (Å²) in [6.45, 7) is 3.98. The molecule has 0 fully saturated rings. The minimum Gasteiger partial charge on any atom is -0.394 e. The van der Waals surface area contributed by atoms with Gasteiger partial charge in [0.2, 0.25) is 5.91 Å². The molecule has 0 rings (SSSR count). The number of carbonyl (C=O) groups is 1. The van der Waals surface area contributed by atoms with Gasteiger partial charge in [0, 0.05) is 0 Å². The Hall–Kier alpha value is -1.47. The maximum absolute atomic E-state index is 12.4. The zero-order valence-corrected chi connectivity index (χ0v) is 31.5. The van der Waals surface area contributed by atoms with E-state index in [0.29, 0.717) is 19.3 Å². The Labute approximate surface area is 297 Å². The molecule has 0 radical (unpaired) electrons. The summed E-state index contributed by atoms with van der Waals surface area (Å²) in [4.78, 5) is 12.4. The zero-order chi connectivity index (χ0) is 35.3. The first-order valence-electron chi connectivity index (χ1n) is 20.4. The summed E-state index contributed by atoms with van der Waals surface area (Å²) >= 11 is 0. The second-order valence-corrected chi connectivity index (χ2v) is 14.0. The predicted molar refractivity (Wildman–Crippen MR) is 205 cm³/mol. The first kappa shape index (κ1) is 46.5. The number of carbonyl (C=O) groups excluding carboxylic acids is 1. The number of aliphatic hydroxyl groups is 4. The van der Waals surface area contributed by atoms with E-state index in [-0.39, 0.29) is 0 Å². The molecule has 0 heterocycles. The Morgan fingerprint density at radius 2 is 0.875 bits per heavy atom. The number of nitrogens with one attached hydrogen (secondary N) is 1. The highest BCUT2D eigenvalue weighted by atomic mass is 16.3. The molecule has 4 unspecified atom stereocenters. The van der Waals surface area contributed by atoms with Gasteiger partial charge < -0.3 is 25.7 Å². The highest BCUT2D eigenvalue weighted by Crippen LogP contribution is 2.14. The molecule has 0 bridgehead atoms. The van der Waals surface area contributed by atoms with Crippen LogP contribution in [0.25, 0.3) is 0 Å². The molecular weight excluding hydrogens is 598 g/mol. The summed E-state index contributed by atoms with van der Waals surface area (Å²) in [6.07, 6.45) is 41.8. The van der Waals surface area contributed by atoms with Crippen LogP contribution in [0.4, 0.5) is 0 Å². The Balaban J connectivity index is 3.83. The number of amides is 1. The van der Waals surface area contributed by atoms with Crippen LogP contribution in [0, 0.1) is 0 Å². The molecule has 0 aromatic carbocycles. The maximum atomic E-state index is 12.4. The van der Waals surface area contributed by atoms with Crippen molar-refractivity contribution in [3.63, 3.8) is 0 Å². The van der Waals surface area contributed by atoms with E-state index < -0.39 is 36.9 Å². The summed E-state index contributed by atoms with van der Waals surface area (Å²) in [5.41, 5.74) is 0. The third-order valence-corrected chi connectivity index (χ3v) is 9.30. The Bertz CT molecular complexity index is 767. The van der Waals surface area contributed by atoms with E-state index in [1.54, 1.807) is 0 Å². The molecule has 6 heteroatoms. The quantitative estimate of drug-likeness (QED) is 0.0335. The van der Waals surface area contributed by atoms with Crippen LogP contribution >= 0.6 is 0 Å². The van der Waals surface area contributed by atoms with E-state index in [4.69, 9.17) is 0 Å². The van der Waals surface area contributed by atoms with Gasteiger partial charge in [0.15, 0.2) is 0 Å². The minimum absolute atomic E-state index is 0.344. The molecule has 0 saturated carbocycles. The van der Waals surface area contributed by atoms with Gasteiger partial charge in [-0.3, -0.25) is 4.79 Å². The Kier molecular flexibility index (Phi) is 35.7. The second-order valence-electron chi connectivity index (χ2n) is 14.0. The summed E-state index contributed by atoms with van der Waals surface area (Å²) in [5.74, 6) is -0.610. The number of unbranched alkanes of at least 4 members (excludes halogenated alkanes) is 21. The molecule has 0 spiro atoms. The van der Waals surface area contributed by atoms with Crippen LogP contribution in [0.1, 0.15) is 194 Å². The topological polar surface area (TPSA) is 110 Å². The highest BCUT2D eigenvalue weighted by molar-refractivity contribution is 5.80. The molecular formula is C42H79NO5. The number of allylic oxidation sites excluding steroid dienone is 6. The lowest BCUT2D eigenvalue weighted by molar-refractivity contribution is -0.132. The van der Waals surface area contributed by atoms with Gasteiger partial charge in [0.05, 0.1) is 18.8 Å². The number of hydrogen-bond donors (Lipinski definition) is 5. The molecule has 1 amide bonds. The van der Waals surface area contributed by atoms with Crippen molar-refractivity contribution >= 4 is 5.91 Å². The SMILES string of the molecule is CCCCC/C=C\CCCCCCC(O)C(=O)NC(CO)C(O)C(O)CCC/C=C/CC/C=C/CCCCCCCCCCCCCC. The van der Waals surface area contributed by atoms with Crippen molar-refractivity contribution in [2.75, 3.05) is 6.61 Å². The van der Waals surface area contributed by atoms with Crippen molar-refractivity contribution in [2.45, 2.75) is 218 Å². The molecule has 0 aliphatic carbocycles. The smallest absolute Gasteiger partial charge is 0.249 e. The van der Waals surface area contributed by atoms with Crippen molar-refractivity contribution in [3.8, 4) is 0 Å². The van der Waals surface area contributed by atoms with Crippen LogP contribution in [0.5, 0.6) is 0 Å². The molecule has 0 aromatic heterocycles. The fourth-order valence-electron chi connectivity index (χ4n) is 6.00. The van der Waals surface area contributed by atoms with Crippen LogP contribution in [0.3, 0.4) is 0 Å². The lowest BCUT2D eigenvalue weighted by atomic mass is 10.00.